The number of carbonyl (C=O) groups excluding carboxylic acids is 3. The highest BCUT2D eigenvalue weighted by Gasteiger charge is 2.31. The number of amides is 2. The molecule has 1 atom stereocenters. The number of primary amides is 1. The number of nitrogens with two attached hydrogens (primary N) is 1. The molecular weight excluding hydrogens is 376 g/mol. The van der Waals surface area contributed by atoms with Crippen LogP contribution in [-0.4, -0.2) is 37.0 Å². The second-order valence-corrected chi connectivity index (χ2v) is 6.53. The molecule has 3 rings (SSSR count). The Morgan fingerprint density at radius 1 is 1.17 bits per heavy atom. The molecule has 2 aromatic carbocycles. The molecule has 0 saturated carbocycles. The Morgan fingerprint density at radius 3 is 2.76 bits per heavy atom. The molecule has 0 saturated heterocycles. The number of hydrogen-bond acceptors (Lipinski definition) is 6. The minimum absolute atomic E-state index is 0.0463. The van der Waals surface area contributed by atoms with E-state index in [4.69, 9.17) is 19.9 Å². The number of carbonyl (C=O) groups is 3. The van der Waals surface area contributed by atoms with Gasteiger partial charge in [0.25, 0.3) is 11.8 Å². The fraction of sp³-hybridized carbons (Fsp3) is 0.286. The van der Waals surface area contributed by atoms with Crippen LogP contribution in [0, 0.1) is 0 Å². The molecule has 152 valence electrons. The third-order valence-corrected chi connectivity index (χ3v) is 4.29. The van der Waals surface area contributed by atoms with Crippen LogP contribution in [0.5, 0.6) is 11.5 Å². The van der Waals surface area contributed by atoms with Crippen LogP contribution in [0.4, 0.5) is 5.69 Å². The van der Waals surface area contributed by atoms with Gasteiger partial charge >= 0.3 is 5.97 Å². The second kappa shape index (κ2) is 9.09. The Bertz CT molecular complexity index is 914. The minimum atomic E-state index is -0.607. The Morgan fingerprint density at radius 2 is 1.97 bits per heavy atom. The van der Waals surface area contributed by atoms with Crippen LogP contribution in [0.25, 0.3) is 0 Å². The Labute approximate surface area is 168 Å². The van der Waals surface area contributed by atoms with Crippen molar-refractivity contribution >= 4 is 23.5 Å². The van der Waals surface area contributed by atoms with E-state index in [2.05, 4.69) is 0 Å². The van der Waals surface area contributed by atoms with Crippen LogP contribution in [0.15, 0.2) is 48.5 Å². The van der Waals surface area contributed by atoms with Gasteiger partial charge in [0.15, 0.2) is 12.7 Å². The lowest BCUT2D eigenvalue weighted by molar-refractivity contribution is -0.144. The summed E-state index contributed by atoms with van der Waals surface area (Å²) in [5.74, 6) is -0.133. The molecule has 2 N–H and O–H groups in total. The Balaban J connectivity index is 1.53. The third kappa shape index (κ3) is 5.25. The van der Waals surface area contributed by atoms with E-state index < -0.39 is 18.0 Å². The zero-order valence-electron chi connectivity index (χ0n) is 16.0. The molecule has 1 heterocycles. The summed E-state index contributed by atoms with van der Waals surface area (Å²) in [6, 6.07) is 14.0. The van der Waals surface area contributed by atoms with Crippen molar-refractivity contribution in [2.24, 2.45) is 5.73 Å². The number of hydrogen-bond donors (Lipinski definition) is 1. The van der Waals surface area contributed by atoms with Crippen molar-refractivity contribution in [3.05, 3.63) is 54.1 Å². The molecule has 1 aliphatic rings. The monoisotopic (exact) mass is 398 g/mol. The number of anilines is 1. The lowest BCUT2D eigenvalue weighted by atomic mass is 10.2. The molecule has 8 heteroatoms. The van der Waals surface area contributed by atoms with Gasteiger partial charge in [-0.25, -0.2) is 0 Å². The summed E-state index contributed by atoms with van der Waals surface area (Å²) in [6.45, 7) is 1.70. The van der Waals surface area contributed by atoms with Gasteiger partial charge < -0.3 is 24.8 Å². The van der Waals surface area contributed by atoms with Gasteiger partial charge in [0.05, 0.1) is 12.1 Å². The van der Waals surface area contributed by atoms with E-state index in [1.165, 1.54) is 0 Å². The van der Waals surface area contributed by atoms with Crippen molar-refractivity contribution in [3.8, 4) is 11.5 Å². The molecule has 1 aliphatic heterocycles. The highest BCUT2D eigenvalue weighted by atomic mass is 16.5. The van der Waals surface area contributed by atoms with Gasteiger partial charge in [-0.05, 0) is 36.8 Å². The van der Waals surface area contributed by atoms with E-state index in [0.29, 0.717) is 22.7 Å². The van der Waals surface area contributed by atoms with Gasteiger partial charge in [-0.1, -0.05) is 24.3 Å². The first-order valence-corrected chi connectivity index (χ1v) is 9.17. The van der Waals surface area contributed by atoms with E-state index in [9.17, 15) is 14.4 Å². The molecule has 1 unspecified atom stereocenters. The number of esters is 1. The van der Waals surface area contributed by atoms with Gasteiger partial charge in [0, 0.05) is 6.54 Å². The summed E-state index contributed by atoms with van der Waals surface area (Å²) in [4.78, 5) is 36.9. The molecule has 2 aromatic rings. The molecule has 0 fully saturated rings. The third-order valence-electron chi connectivity index (χ3n) is 4.29. The predicted octanol–water partition coefficient (Wildman–Crippen LogP) is 1.80. The van der Waals surface area contributed by atoms with E-state index in [1.54, 1.807) is 48.2 Å². The van der Waals surface area contributed by atoms with Gasteiger partial charge in [-0.3, -0.25) is 14.4 Å². The van der Waals surface area contributed by atoms with E-state index >= 15 is 0 Å². The molecular formula is C21H22N2O6. The van der Waals surface area contributed by atoms with E-state index in [0.717, 1.165) is 0 Å². The summed E-state index contributed by atoms with van der Waals surface area (Å²) in [7, 11) is 0. The smallest absolute Gasteiger partial charge is 0.307 e. The lowest BCUT2D eigenvalue weighted by Gasteiger charge is -2.32. The Kier molecular flexibility index (Phi) is 6.33. The van der Waals surface area contributed by atoms with Gasteiger partial charge in [0.2, 0.25) is 0 Å². The number of ether oxygens (including phenoxy) is 3. The SMILES string of the molecule is CC1Oc2ccccc2N(CCC(=O)OCc2cccc(OCC(N)=O)c2)C1=O. The highest BCUT2D eigenvalue weighted by molar-refractivity contribution is 6.00. The van der Waals surface area contributed by atoms with Crippen molar-refractivity contribution in [3.63, 3.8) is 0 Å². The fourth-order valence-corrected chi connectivity index (χ4v) is 2.91. The van der Waals surface area contributed by atoms with Crippen LogP contribution in [0.2, 0.25) is 0 Å². The maximum Gasteiger partial charge on any atom is 0.307 e. The summed E-state index contributed by atoms with van der Waals surface area (Å²) in [6.07, 6.45) is -0.561. The fourth-order valence-electron chi connectivity index (χ4n) is 2.91. The maximum absolute atomic E-state index is 12.4. The number of rotatable bonds is 8. The quantitative estimate of drug-likeness (QED) is 0.680. The lowest BCUT2D eigenvalue weighted by Crippen LogP contribution is -2.45. The molecule has 2 amide bonds. The van der Waals surface area contributed by atoms with Crippen LogP contribution >= 0.6 is 0 Å². The summed E-state index contributed by atoms with van der Waals surface area (Å²) < 4.78 is 16.1. The molecule has 0 aromatic heterocycles. The van der Waals surface area contributed by atoms with Crippen molar-refractivity contribution in [1.29, 1.82) is 0 Å². The first-order valence-electron chi connectivity index (χ1n) is 9.17. The molecule has 0 spiro atoms. The van der Waals surface area contributed by atoms with Crippen molar-refractivity contribution in [1.82, 2.24) is 0 Å². The topological polar surface area (TPSA) is 108 Å². The molecule has 8 nitrogen and oxygen atoms in total. The maximum atomic E-state index is 12.4. The predicted molar refractivity (Wildman–Crippen MR) is 104 cm³/mol. The normalized spacial score (nSPS) is 15.3. The average Bonchev–Trinajstić information content (AvgIpc) is 2.71. The number of fused-ring (bicyclic) bond motifs is 1. The molecule has 0 bridgehead atoms. The summed E-state index contributed by atoms with van der Waals surface area (Å²) in [5.41, 5.74) is 6.40. The van der Waals surface area contributed by atoms with Gasteiger partial charge in [-0.15, -0.1) is 0 Å². The summed E-state index contributed by atoms with van der Waals surface area (Å²) in [5, 5.41) is 0. The van der Waals surface area contributed by atoms with E-state index in [-0.39, 0.29) is 32.1 Å². The van der Waals surface area contributed by atoms with Crippen LogP contribution in [0.3, 0.4) is 0 Å². The molecule has 0 aliphatic carbocycles. The zero-order chi connectivity index (χ0) is 20.8. The number of para-hydroxylation sites is 2. The minimum Gasteiger partial charge on any atom is -0.484 e. The standard InChI is InChI=1S/C21H22N2O6/c1-14-21(26)23(17-7-2-3-8-18(17)29-14)10-9-20(25)28-12-15-5-4-6-16(11-15)27-13-19(22)24/h2-8,11,14H,9-10,12-13H2,1H3,(H2,22,24). The zero-order valence-corrected chi connectivity index (χ0v) is 16.0. The Hall–Kier alpha value is -3.55. The second-order valence-electron chi connectivity index (χ2n) is 6.53. The highest BCUT2D eigenvalue weighted by Crippen LogP contribution is 2.33. The van der Waals surface area contributed by atoms with Crippen LogP contribution < -0.4 is 20.1 Å². The number of benzene rings is 2. The number of nitrogens with zero attached hydrogens (tertiary/aromatic N) is 1. The summed E-state index contributed by atoms with van der Waals surface area (Å²) >= 11 is 0. The first kappa shape index (κ1) is 20.2. The molecule has 0 radical (unpaired) electrons. The molecule has 29 heavy (non-hydrogen) atoms. The van der Waals surface area contributed by atoms with Crippen LogP contribution in [-0.2, 0) is 25.7 Å². The first-order chi connectivity index (χ1) is 13.9. The largest absolute Gasteiger partial charge is 0.484 e. The average molecular weight is 398 g/mol. The van der Waals surface area contributed by atoms with Crippen molar-refractivity contribution in [2.75, 3.05) is 18.1 Å². The van der Waals surface area contributed by atoms with E-state index in [1.807, 2.05) is 12.1 Å². The van der Waals surface area contributed by atoms with Crippen LogP contribution in [0.1, 0.15) is 18.9 Å². The van der Waals surface area contributed by atoms with Crippen molar-refractivity contribution in [2.45, 2.75) is 26.1 Å². The van der Waals surface area contributed by atoms with Gasteiger partial charge in [-0.2, -0.15) is 0 Å². The van der Waals surface area contributed by atoms with Crippen molar-refractivity contribution < 1.29 is 28.6 Å². The van der Waals surface area contributed by atoms with Gasteiger partial charge in [0.1, 0.15) is 18.1 Å².